The third kappa shape index (κ3) is 3.57. The molecule has 1 rings (SSSR count). The number of nitrogens with one attached hydrogen (secondary N) is 1. The average Bonchev–Trinajstić information content (AvgIpc) is 2.69. The van der Waals surface area contributed by atoms with Crippen molar-refractivity contribution in [3.63, 3.8) is 0 Å². The van der Waals surface area contributed by atoms with Crippen LogP contribution in [-0.4, -0.2) is 30.1 Å². The molecule has 6 nitrogen and oxygen atoms in total. The lowest BCUT2D eigenvalue weighted by molar-refractivity contribution is -0.148. The predicted molar refractivity (Wildman–Crippen MR) is 75.1 cm³/mol. The number of hydrogen-bond acceptors (Lipinski definition) is 5. The molecule has 0 fully saturated rings. The van der Waals surface area contributed by atoms with Crippen molar-refractivity contribution in [2.24, 2.45) is 5.41 Å². The topological polar surface area (TPSA) is 92.7 Å². The Hall–Kier alpha value is -1.89. The van der Waals surface area contributed by atoms with Gasteiger partial charge in [-0.2, -0.15) is 0 Å². The van der Waals surface area contributed by atoms with Gasteiger partial charge in [0.15, 0.2) is 0 Å². The number of rotatable bonds is 5. The van der Waals surface area contributed by atoms with Gasteiger partial charge in [0.1, 0.15) is 4.88 Å². The van der Waals surface area contributed by atoms with Gasteiger partial charge in [-0.25, -0.2) is 4.79 Å². The summed E-state index contributed by atoms with van der Waals surface area (Å²) in [7, 11) is 1.26. The molecule has 1 amide bonds. The fourth-order valence-corrected chi connectivity index (χ4v) is 2.42. The van der Waals surface area contributed by atoms with Crippen molar-refractivity contribution in [1.29, 1.82) is 0 Å². The van der Waals surface area contributed by atoms with Gasteiger partial charge >= 0.3 is 11.9 Å². The highest BCUT2D eigenvalue weighted by atomic mass is 32.1. The number of ether oxygens (including phenoxy) is 1. The Balaban J connectivity index is 2.89. The smallest absolute Gasteiger partial charge is 0.350 e. The van der Waals surface area contributed by atoms with E-state index in [0.717, 1.165) is 5.56 Å². The van der Waals surface area contributed by atoms with Crippen LogP contribution < -0.4 is 5.32 Å². The molecule has 1 aromatic rings. The molecule has 0 spiro atoms. The van der Waals surface area contributed by atoms with Gasteiger partial charge in [-0.15, -0.1) is 11.3 Å². The number of carbonyl (C=O) groups is 3. The molecule has 1 heterocycles. The Morgan fingerprint density at radius 3 is 2.50 bits per heavy atom. The molecular formula is C13H17NO5S. The third-order valence-electron chi connectivity index (χ3n) is 2.79. The van der Waals surface area contributed by atoms with Gasteiger partial charge in [0.25, 0.3) is 0 Å². The number of amides is 1. The van der Waals surface area contributed by atoms with Crippen LogP contribution in [0.25, 0.3) is 0 Å². The Bertz CT molecular complexity index is 547. The summed E-state index contributed by atoms with van der Waals surface area (Å²) in [6, 6.07) is 0. The number of carbonyl (C=O) groups excluding carboxylic acids is 2. The summed E-state index contributed by atoms with van der Waals surface area (Å²) >= 11 is 1.17. The molecular weight excluding hydrogens is 282 g/mol. The predicted octanol–water partition coefficient (Wildman–Crippen LogP) is 2.28. The van der Waals surface area contributed by atoms with Crippen molar-refractivity contribution >= 4 is 34.9 Å². The maximum absolute atomic E-state index is 11.9. The normalized spacial score (nSPS) is 11.0. The SMILES string of the molecule is COC(=O)c1scc(C)c1NC(=O)CC(C)(C)C(=O)O. The van der Waals surface area contributed by atoms with Gasteiger partial charge in [0, 0.05) is 6.42 Å². The maximum Gasteiger partial charge on any atom is 0.350 e. The molecule has 0 radical (unpaired) electrons. The van der Waals surface area contributed by atoms with Crippen molar-refractivity contribution < 1.29 is 24.2 Å². The Labute approximate surface area is 120 Å². The second-order valence-corrected chi connectivity index (χ2v) is 5.91. The second kappa shape index (κ2) is 6.04. The molecule has 0 aliphatic rings. The first-order valence-corrected chi connectivity index (χ1v) is 6.76. The summed E-state index contributed by atoms with van der Waals surface area (Å²) in [6.45, 7) is 4.69. The lowest BCUT2D eigenvalue weighted by Gasteiger charge is -2.18. The fraction of sp³-hybridized carbons (Fsp3) is 0.462. The van der Waals surface area contributed by atoms with E-state index in [1.807, 2.05) is 0 Å². The van der Waals surface area contributed by atoms with Crippen molar-refractivity contribution in [3.8, 4) is 0 Å². The Morgan fingerprint density at radius 2 is 2.00 bits per heavy atom. The number of hydrogen-bond donors (Lipinski definition) is 2. The molecule has 2 N–H and O–H groups in total. The highest BCUT2D eigenvalue weighted by molar-refractivity contribution is 7.12. The Kier molecular flexibility index (Phi) is 4.88. The Morgan fingerprint density at radius 1 is 1.40 bits per heavy atom. The number of methoxy groups -OCH3 is 1. The summed E-state index contributed by atoms with van der Waals surface area (Å²) in [5, 5.41) is 13.3. The van der Waals surface area contributed by atoms with E-state index < -0.39 is 23.3 Å². The van der Waals surface area contributed by atoms with E-state index in [1.54, 1.807) is 12.3 Å². The van der Waals surface area contributed by atoms with Crippen LogP contribution >= 0.6 is 11.3 Å². The minimum atomic E-state index is -1.17. The molecule has 0 aliphatic carbocycles. The second-order valence-electron chi connectivity index (χ2n) is 5.03. The summed E-state index contributed by atoms with van der Waals surface area (Å²) < 4.78 is 4.64. The number of carboxylic acid groups (broad SMARTS) is 1. The maximum atomic E-state index is 11.9. The summed E-state index contributed by atoms with van der Waals surface area (Å²) in [6.07, 6.45) is -0.182. The number of anilines is 1. The quantitative estimate of drug-likeness (QED) is 0.814. The molecule has 0 unspecified atom stereocenters. The number of esters is 1. The van der Waals surface area contributed by atoms with Crippen LogP contribution in [0.2, 0.25) is 0 Å². The minimum absolute atomic E-state index is 0.182. The molecule has 0 bridgehead atoms. The van der Waals surface area contributed by atoms with E-state index in [9.17, 15) is 14.4 Å². The van der Waals surface area contributed by atoms with Crippen molar-refractivity contribution in [2.45, 2.75) is 27.2 Å². The number of carboxylic acids is 1. The van der Waals surface area contributed by atoms with Crippen LogP contribution in [0.3, 0.4) is 0 Å². The summed E-state index contributed by atoms with van der Waals surface area (Å²) in [4.78, 5) is 34.8. The lowest BCUT2D eigenvalue weighted by atomic mass is 9.89. The zero-order chi connectivity index (χ0) is 15.5. The van der Waals surface area contributed by atoms with Crippen molar-refractivity contribution in [3.05, 3.63) is 15.8 Å². The highest BCUT2D eigenvalue weighted by Gasteiger charge is 2.31. The summed E-state index contributed by atoms with van der Waals surface area (Å²) in [5.74, 6) is -2.04. The van der Waals surface area contributed by atoms with E-state index in [1.165, 1.54) is 32.3 Å². The molecule has 7 heteroatoms. The summed E-state index contributed by atoms with van der Waals surface area (Å²) in [5.41, 5.74) is -0.0516. The zero-order valence-corrected chi connectivity index (χ0v) is 12.6. The van der Waals surface area contributed by atoms with Crippen LogP contribution in [0.4, 0.5) is 5.69 Å². The number of aryl methyl sites for hydroxylation is 1. The van der Waals surface area contributed by atoms with Gasteiger partial charge in [-0.1, -0.05) is 0 Å². The van der Waals surface area contributed by atoms with Gasteiger partial charge in [-0.05, 0) is 31.7 Å². The van der Waals surface area contributed by atoms with Crippen LogP contribution in [0.15, 0.2) is 5.38 Å². The molecule has 20 heavy (non-hydrogen) atoms. The van der Waals surface area contributed by atoms with E-state index in [4.69, 9.17) is 5.11 Å². The van der Waals surface area contributed by atoms with Gasteiger partial charge in [0.05, 0.1) is 18.2 Å². The lowest BCUT2D eigenvalue weighted by Crippen LogP contribution is -2.29. The standard InChI is InChI=1S/C13H17NO5S/c1-7-6-20-10(11(16)19-4)9(7)14-8(15)5-13(2,3)12(17)18/h6H,5H2,1-4H3,(H,14,15)(H,17,18). The van der Waals surface area contributed by atoms with E-state index >= 15 is 0 Å². The largest absolute Gasteiger partial charge is 0.481 e. The van der Waals surface area contributed by atoms with E-state index in [2.05, 4.69) is 10.1 Å². The van der Waals surface area contributed by atoms with Crippen LogP contribution in [0.1, 0.15) is 35.5 Å². The first kappa shape index (κ1) is 16.2. The van der Waals surface area contributed by atoms with E-state index in [0.29, 0.717) is 10.6 Å². The van der Waals surface area contributed by atoms with Gasteiger partial charge < -0.3 is 15.2 Å². The third-order valence-corrected chi connectivity index (χ3v) is 3.87. The molecule has 0 saturated carbocycles. The zero-order valence-electron chi connectivity index (χ0n) is 11.8. The highest BCUT2D eigenvalue weighted by Crippen LogP contribution is 2.29. The van der Waals surface area contributed by atoms with Crippen LogP contribution in [-0.2, 0) is 14.3 Å². The first-order chi connectivity index (χ1) is 9.19. The monoisotopic (exact) mass is 299 g/mol. The average molecular weight is 299 g/mol. The molecule has 0 atom stereocenters. The number of aliphatic carboxylic acids is 1. The van der Waals surface area contributed by atoms with E-state index in [-0.39, 0.29) is 6.42 Å². The van der Waals surface area contributed by atoms with Crippen LogP contribution in [0.5, 0.6) is 0 Å². The van der Waals surface area contributed by atoms with Gasteiger partial charge in [-0.3, -0.25) is 9.59 Å². The molecule has 1 aromatic heterocycles. The fourth-order valence-electron chi connectivity index (χ4n) is 1.50. The first-order valence-electron chi connectivity index (χ1n) is 5.88. The minimum Gasteiger partial charge on any atom is -0.481 e. The van der Waals surface area contributed by atoms with Crippen molar-refractivity contribution in [2.75, 3.05) is 12.4 Å². The number of thiophene rings is 1. The molecule has 110 valence electrons. The van der Waals surface area contributed by atoms with Gasteiger partial charge in [0.2, 0.25) is 5.91 Å². The van der Waals surface area contributed by atoms with Crippen molar-refractivity contribution in [1.82, 2.24) is 0 Å². The molecule has 0 aliphatic heterocycles. The van der Waals surface area contributed by atoms with Crippen LogP contribution in [0, 0.1) is 12.3 Å². The molecule has 0 aromatic carbocycles. The molecule has 0 saturated heterocycles.